The van der Waals surface area contributed by atoms with E-state index in [0.29, 0.717) is 31.1 Å². The van der Waals surface area contributed by atoms with Crippen molar-refractivity contribution in [2.45, 2.75) is 25.7 Å². The Bertz CT molecular complexity index is 646. The van der Waals surface area contributed by atoms with Crippen LogP contribution in [0.3, 0.4) is 0 Å². The van der Waals surface area contributed by atoms with Crippen LogP contribution in [0, 0.1) is 0 Å². The number of nitrogens with zero attached hydrogens (tertiary/aromatic N) is 1. The van der Waals surface area contributed by atoms with Gasteiger partial charge < -0.3 is 4.74 Å². The number of carbonyl (C=O) groups is 1. The van der Waals surface area contributed by atoms with Gasteiger partial charge in [-0.15, -0.1) is 0 Å². The molecule has 2 aromatic rings. The topological polar surface area (TPSA) is 41.6 Å². The van der Waals surface area contributed by atoms with Crippen LogP contribution in [-0.2, 0) is 22.7 Å². The summed E-state index contributed by atoms with van der Waals surface area (Å²) in [6.45, 7) is 1.69. The van der Waals surface area contributed by atoms with E-state index >= 15 is 0 Å². The molecule has 23 heavy (non-hydrogen) atoms. The molecular weight excluding hydrogens is 312 g/mol. The van der Waals surface area contributed by atoms with Crippen LogP contribution in [0.5, 0.6) is 0 Å². The lowest BCUT2D eigenvalue weighted by Gasteiger charge is -2.18. The lowest BCUT2D eigenvalue weighted by Crippen LogP contribution is -2.39. The average molecular weight is 331 g/mol. The normalized spacial score (nSPS) is 17.7. The average Bonchev–Trinajstić information content (AvgIpc) is 2.93. The fraction of sp³-hybridized carbons (Fsp3) is 0.278. The highest BCUT2D eigenvalue weighted by molar-refractivity contribution is 6.30. The standard InChI is InChI=1S/C18H19ClN2O2/c19-16-8-6-15(7-9-16)13-23-17-10-18(22)21(12-17)20-11-14-4-2-1-3-5-14/h1-9,17,20H,10-13H2. The molecule has 1 fully saturated rings. The van der Waals surface area contributed by atoms with E-state index in [2.05, 4.69) is 5.43 Å². The van der Waals surface area contributed by atoms with Gasteiger partial charge in [0.1, 0.15) is 0 Å². The lowest BCUT2D eigenvalue weighted by molar-refractivity contribution is -0.130. The van der Waals surface area contributed by atoms with Gasteiger partial charge in [-0.25, -0.2) is 5.43 Å². The quantitative estimate of drug-likeness (QED) is 0.884. The van der Waals surface area contributed by atoms with Crippen LogP contribution >= 0.6 is 11.6 Å². The van der Waals surface area contributed by atoms with E-state index in [4.69, 9.17) is 16.3 Å². The van der Waals surface area contributed by atoms with Crippen molar-refractivity contribution in [3.8, 4) is 0 Å². The van der Waals surface area contributed by atoms with E-state index < -0.39 is 0 Å². The number of hydrogen-bond donors (Lipinski definition) is 1. The van der Waals surface area contributed by atoms with Crippen molar-refractivity contribution in [3.63, 3.8) is 0 Å². The minimum Gasteiger partial charge on any atom is -0.371 e. The summed E-state index contributed by atoms with van der Waals surface area (Å²) >= 11 is 5.86. The summed E-state index contributed by atoms with van der Waals surface area (Å²) in [5.74, 6) is 0.0713. The first kappa shape index (κ1) is 16.0. The zero-order valence-corrected chi connectivity index (χ0v) is 13.5. The Kier molecular flexibility index (Phi) is 5.28. The first-order valence-corrected chi connectivity index (χ1v) is 8.02. The second kappa shape index (κ2) is 7.59. The van der Waals surface area contributed by atoms with Gasteiger partial charge in [0, 0.05) is 11.6 Å². The molecule has 1 N–H and O–H groups in total. The van der Waals surface area contributed by atoms with Crippen LogP contribution in [0.25, 0.3) is 0 Å². The maximum atomic E-state index is 12.0. The Hall–Kier alpha value is -1.88. The third kappa shape index (κ3) is 4.55. The van der Waals surface area contributed by atoms with Gasteiger partial charge >= 0.3 is 0 Å². The Labute approximate surface area is 141 Å². The number of amides is 1. The van der Waals surface area contributed by atoms with E-state index in [9.17, 15) is 4.79 Å². The van der Waals surface area contributed by atoms with Crippen molar-refractivity contribution >= 4 is 17.5 Å². The molecule has 1 aliphatic heterocycles. The number of rotatable bonds is 6. The predicted octanol–water partition coefficient (Wildman–Crippen LogP) is 3.16. The van der Waals surface area contributed by atoms with Gasteiger partial charge in [-0.3, -0.25) is 9.80 Å². The number of hydrogen-bond acceptors (Lipinski definition) is 3. The molecule has 0 aromatic heterocycles. The molecule has 0 spiro atoms. The first-order valence-electron chi connectivity index (χ1n) is 7.64. The van der Waals surface area contributed by atoms with E-state index in [1.807, 2.05) is 54.6 Å². The third-order valence-electron chi connectivity index (χ3n) is 3.81. The van der Waals surface area contributed by atoms with Gasteiger partial charge in [-0.2, -0.15) is 0 Å². The fourth-order valence-electron chi connectivity index (χ4n) is 2.52. The number of ether oxygens (including phenoxy) is 1. The van der Waals surface area contributed by atoms with Gasteiger partial charge in [0.15, 0.2) is 0 Å². The van der Waals surface area contributed by atoms with Crippen molar-refractivity contribution in [1.29, 1.82) is 0 Å². The fourth-order valence-corrected chi connectivity index (χ4v) is 2.64. The molecule has 0 bridgehead atoms. The van der Waals surface area contributed by atoms with Gasteiger partial charge in [-0.05, 0) is 23.3 Å². The largest absolute Gasteiger partial charge is 0.371 e. The molecule has 0 aliphatic carbocycles. The molecule has 1 aliphatic rings. The number of hydrazine groups is 1. The highest BCUT2D eigenvalue weighted by Crippen LogP contribution is 2.16. The molecule has 1 unspecified atom stereocenters. The summed E-state index contributed by atoms with van der Waals surface area (Å²) in [6.07, 6.45) is 0.330. The number of halogens is 1. The zero-order valence-electron chi connectivity index (χ0n) is 12.7. The van der Waals surface area contributed by atoms with Crippen molar-refractivity contribution in [1.82, 2.24) is 10.4 Å². The minimum absolute atomic E-state index is 0.0713. The molecular formula is C18H19ClN2O2. The van der Waals surface area contributed by atoms with Crippen LogP contribution in [-0.4, -0.2) is 23.6 Å². The maximum Gasteiger partial charge on any atom is 0.239 e. The summed E-state index contributed by atoms with van der Waals surface area (Å²) in [5.41, 5.74) is 5.37. The van der Waals surface area contributed by atoms with E-state index in [1.54, 1.807) is 5.01 Å². The van der Waals surface area contributed by atoms with E-state index in [-0.39, 0.29) is 12.0 Å². The van der Waals surface area contributed by atoms with Gasteiger partial charge in [0.2, 0.25) is 5.91 Å². The summed E-state index contributed by atoms with van der Waals surface area (Å²) < 4.78 is 5.84. The zero-order chi connectivity index (χ0) is 16.1. The highest BCUT2D eigenvalue weighted by Gasteiger charge is 2.30. The van der Waals surface area contributed by atoms with Crippen LogP contribution in [0.2, 0.25) is 5.02 Å². The molecule has 0 saturated carbocycles. The maximum absolute atomic E-state index is 12.0. The van der Waals surface area contributed by atoms with Crippen LogP contribution in [0.1, 0.15) is 17.5 Å². The minimum atomic E-state index is -0.0820. The van der Waals surface area contributed by atoms with Gasteiger partial charge in [-0.1, -0.05) is 54.1 Å². The smallest absolute Gasteiger partial charge is 0.239 e. The first-order chi connectivity index (χ1) is 11.2. The number of nitrogens with one attached hydrogen (secondary N) is 1. The molecule has 3 rings (SSSR count). The Morgan fingerprint density at radius 3 is 2.57 bits per heavy atom. The summed E-state index contributed by atoms with van der Waals surface area (Å²) in [6, 6.07) is 17.6. The molecule has 2 aromatic carbocycles. The number of benzene rings is 2. The number of carbonyl (C=O) groups excluding carboxylic acids is 1. The molecule has 1 saturated heterocycles. The molecule has 120 valence electrons. The third-order valence-corrected chi connectivity index (χ3v) is 4.06. The summed E-state index contributed by atoms with van der Waals surface area (Å²) in [5, 5.41) is 2.36. The summed E-state index contributed by atoms with van der Waals surface area (Å²) in [4.78, 5) is 12.0. The summed E-state index contributed by atoms with van der Waals surface area (Å²) in [7, 11) is 0. The van der Waals surface area contributed by atoms with Crippen LogP contribution in [0.4, 0.5) is 0 Å². The molecule has 1 atom stereocenters. The molecule has 0 radical (unpaired) electrons. The van der Waals surface area contributed by atoms with Gasteiger partial charge in [0.05, 0.1) is 25.7 Å². The van der Waals surface area contributed by atoms with E-state index in [1.165, 1.54) is 0 Å². The second-order valence-corrected chi connectivity index (χ2v) is 6.02. The molecule has 4 nitrogen and oxygen atoms in total. The van der Waals surface area contributed by atoms with Crippen LogP contribution < -0.4 is 5.43 Å². The monoisotopic (exact) mass is 330 g/mol. The Morgan fingerprint density at radius 2 is 1.83 bits per heavy atom. The van der Waals surface area contributed by atoms with Crippen LogP contribution in [0.15, 0.2) is 54.6 Å². The van der Waals surface area contributed by atoms with Gasteiger partial charge in [0.25, 0.3) is 0 Å². The Morgan fingerprint density at radius 1 is 1.09 bits per heavy atom. The SMILES string of the molecule is O=C1CC(OCc2ccc(Cl)cc2)CN1NCc1ccccc1. The lowest BCUT2D eigenvalue weighted by atomic mass is 10.2. The highest BCUT2D eigenvalue weighted by atomic mass is 35.5. The van der Waals surface area contributed by atoms with Crippen molar-refractivity contribution in [3.05, 3.63) is 70.7 Å². The van der Waals surface area contributed by atoms with Crippen molar-refractivity contribution in [2.24, 2.45) is 0 Å². The van der Waals surface area contributed by atoms with E-state index in [0.717, 1.165) is 11.1 Å². The molecule has 5 heteroatoms. The van der Waals surface area contributed by atoms with Crippen molar-refractivity contribution < 1.29 is 9.53 Å². The second-order valence-electron chi connectivity index (χ2n) is 5.59. The Balaban J connectivity index is 1.46. The predicted molar refractivity (Wildman–Crippen MR) is 89.6 cm³/mol. The molecule has 1 amide bonds. The van der Waals surface area contributed by atoms with Crippen molar-refractivity contribution in [2.75, 3.05) is 6.54 Å². The molecule has 1 heterocycles.